The fraction of sp³-hybridized carbons (Fsp3) is 0.100. The summed E-state index contributed by atoms with van der Waals surface area (Å²) in [5.74, 6) is 5.17. The summed E-state index contributed by atoms with van der Waals surface area (Å²) < 4.78 is 0. The minimum Gasteiger partial charge on any atom is -0.384 e. The Labute approximate surface area is 70.8 Å². The van der Waals surface area contributed by atoms with Crippen molar-refractivity contribution in [1.82, 2.24) is 0 Å². The third-order valence-electron chi connectivity index (χ3n) is 1.39. The third kappa shape index (κ3) is 1.94. The molecule has 2 nitrogen and oxygen atoms in total. The lowest BCUT2D eigenvalue weighted by Crippen LogP contribution is -1.85. The number of benzene rings is 1. The highest BCUT2D eigenvalue weighted by molar-refractivity contribution is 5.79. The molecule has 12 heavy (non-hydrogen) atoms. The number of hydrogen-bond acceptors (Lipinski definition) is 2. The summed E-state index contributed by atoms with van der Waals surface area (Å²) in [5.41, 5.74) is 1.21. The van der Waals surface area contributed by atoms with E-state index in [0.29, 0.717) is 11.1 Å². The van der Waals surface area contributed by atoms with Gasteiger partial charge in [0.05, 0.1) is 0 Å². The van der Waals surface area contributed by atoms with Crippen LogP contribution in [0.15, 0.2) is 24.3 Å². The topological polar surface area (TPSA) is 37.3 Å². The van der Waals surface area contributed by atoms with Crippen LogP contribution in [0.25, 0.3) is 0 Å². The summed E-state index contributed by atoms with van der Waals surface area (Å²) in [7, 11) is 0. The second kappa shape index (κ2) is 4.32. The van der Waals surface area contributed by atoms with E-state index in [1.165, 1.54) is 0 Å². The Kier molecular flexibility index (Phi) is 3.06. The molecule has 0 saturated carbocycles. The number of aldehydes is 1. The molecule has 0 atom stereocenters. The van der Waals surface area contributed by atoms with Gasteiger partial charge >= 0.3 is 0 Å². The van der Waals surface area contributed by atoms with Crippen molar-refractivity contribution in [1.29, 1.82) is 0 Å². The van der Waals surface area contributed by atoms with Gasteiger partial charge in [0.25, 0.3) is 0 Å². The third-order valence-corrected chi connectivity index (χ3v) is 1.39. The van der Waals surface area contributed by atoms with E-state index in [1.54, 1.807) is 24.3 Å². The first-order chi connectivity index (χ1) is 5.88. The Morgan fingerprint density at radius 2 is 2.17 bits per heavy atom. The Morgan fingerprint density at radius 1 is 1.42 bits per heavy atom. The van der Waals surface area contributed by atoms with Gasteiger partial charge in [0.15, 0.2) is 6.29 Å². The maximum atomic E-state index is 10.5. The van der Waals surface area contributed by atoms with Crippen LogP contribution < -0.4 is 0 Å². The van der Waals surface area contributed by atoms with E-state index in [-0.39, 0.29) is 6.61 Å². The smallest absolute Gasteiger partial charge is 0.151 e. The molecule has 0 fully saturated rings. The Balaban J connectivity index is 3.05. The van der Waals surface area contributed by atoms with Gasteiger partial charge in [0.1, 0.15) is 6.61 Å². The summed E-state index contributed by atoms with van der Waals surface area (Å²) in [6, 6.07) is 7.00. The molecule has 60 valence electrons. The summed E-state index contributed by atoms with van der Waals surface area (Å²) in [6.45, 7) is -0.187. The highest BCUT2D eigenvalue weighted by atomic mass is 16.2. The van der Waals surface area contributed by atoms with E-state index in [4.69, 9.17) is 5.11 Å². The fourth-order valence-electron chi connectivity index (χ4n) is 0.848. The molecule has 0 aliphatic rings. The van der Waals surface area contributed by atoms with Gasteiger partial charge in [-0.2, -0.15) is 0 Å². The Hall–Kier alpha value is -1.59. The van der Waals surface area contributed by atoms with Crippen molar-refractivity contribution in [3.8, 4) is 11.8 Å². The monoisotopic (exact) mass is 160 g/mol. The summed E-state index contributed by atoms with van der Waals surface area (Å²) in [4.78, 5) is 10.5. The van der Waals surface area contributed by atoms with Crippen molar-refractivity contribution >= 4 is 6.29 Å². The number of aliphatic hydroxyl groups excluding tert-OH is 1. The first-order valence-corrected chi connectivity index (χ1v) is 3.52. The summed E-state index contributed by atoms with van der Waals surface area (Å²) in [5, 5.41) is 8.43. The van der Waals surface area contributed by atoms with Gasteiger partial charge in [-0.3, -0.25) is 4.79 Å². The zero-order valence-electron chi connectivity index (χ0n) is 6.45. The molecule has 1 aromatic carbocycles. The average Bonchev–Trinajstić information content (AvgIpc) is 2.15. The zero-order chi connectivity index (χ0) is 8.81. The number of rotatable bonds is 1. The molecule has 1 rings (SSSR count). The molecule has 1 aromatic rings. The number of carbonyl (C=O) groups is 1. The molecule has 0 aliphatic carbocycles. The molecule has 0 spiro atoms. The minimum atomic E-state index is -0.187. The van der Waals surface area contributed by atoms with Crippen LogP contribution in [0.5, 0.6) is 0 Å². The van der Waals surface area contributed by atoms with Gasteiger partial charge in [0, 0.05) is 11.1 Å². The van der Waals surface area contributed by atoms with Gasteiger partial charge in [-0.05, 0) is 6.07 Å². The van der Waals surface area contributed by atoms with E-state index in [1.807, 2.05) is 0 Å². The lowest BCUT2D eigenvalue weighted by atomic mass is 10.1. The summed E-state index contributed by atoms with van der Waals surface area (Å²) >= 11 is 0. The van der Waals surface area contributed by atoms with Crippen molar-refractivity contribution < 1.29 is 9.90 Å². The Morgan fingerprint density at radius 3 is 2.83 bits per heavy atom. The molecule has 2 heteroatoms. The summed E-state index contributed by atoms with van der Waals surface area (Å²) in [6.07, 6.45) is 0.751. The predicted molar refractivity (Wildman–Crippen MR) is 45.8 cm³/mol. The van der Waals surface area contributed by atoms with Crippen LogP contribution in [0.3, 0.4) is 0 Å². The minimum absolute atomic E-state index is 0.187. The first kappa shape index (κ1) is 8.51. The second-order valence-corrected chi connectivity index (χ2v) is 2.16. The van der Waals surface area contributed by atoms with Crippen LogP contribution in [-0.2, 0) is 0 Å². The maximum Gasteiger partial charge on any atom is 0.151 e. The number of carbonyl (C=O) groups excluding carboxylic acids is 1. The van der Waals surface area contributed by atoms with Gasteiger partial charge in [-0.1, -0.05) is 30.0 Å². The molecule has 0 unspecified atom stereocenters. The van der Waals surface area contributed by atoms with Crippen molar-refractivity contribution in [3.63, 3.8) is 0 Å². The molecule has 0 aromatic heterocycles. The van der Waals surface area contributed by atoms with Crippen molar-refractivity contribution in [2.45, 2.75) is 0 Å². The van der Waals surface area contributed by atoms with Gasteiger partial charge in [0.2, 0.25) is 0 Å². The normalized spacial score (nSPS) is 8.42. The van der Waals surface area contributed by atoms with Crippen molar-refractivity contribution in [2.75, 3.05) is 6.61 Å². The largest absolute Gasteiger partial charge is 0.384 e. The SMILES string of the molecule is O=Cc1ccccc1C#CCO. The fourth-order valence-corrected chi connectivity index (χ4v) is 0.848. The maximum absolute atomic E-state index is 10.5. The Bertz CT molecular complexity index is 331. The van der Waals surface area contributed by atoms with Crippen LogP contribution in [0.1, 0.15) is 15.9 Å². The number of aliphatic hydroxyl groups is 1. The highest BCUT2D eigenvalue weighted by Crippen LogP contribution is 2.03. The molecular weight excluding hydrogens is 152 g/mol. The van der Waals surface area contributed by atoms with Gasteiger partial charge in [-0.25, -0.2) is 0 Å². The second-order valence-electron chi connectivity index (χ2n) is 2.16. The molecule has 0 aliphatic heterocycles. The van der Waals surface area contributed by atoms with Gasteiger partial charge < -0.3 is 5.11 Å². The van der Waals surface area contributed by atoms with Crippen LogP contribution >= 0.6 is 0 Å². The first-order valence-electron chi connectivity index (χ1n) is 3.52. The molecule has 0 amide bonds. The van der Waals surface area contributed by atoms with E-state index in [9.17, 15) is 4.79 Å². The average molecular weight is 160 g/mol. The van der Waals surface area contributed by atoms with Crippen LogP contribution in [-0.4, -0.2) is 18.0 Å². The molecule has 0 saturated heterocycles. The predicted octanol–water partition coefficient (Wildman–Crippen LogP) is 0.843. The molecule has 0 bridgehead atoms. The quantitative estimate of drug-likeness (QED) is 0.488. The van der Waals surface area contributed by atoms with Crippen LogP contribution in [0.2, 0.25) is 0 Å². The van der Waals surface area contributed by atoms with Crippen LogP contribution in [0, 0.1) is 11.8 Å². The van der Waals surface area contributed by atoms with Gasteiger partial charge in [-0.15, -0.1) is 0 Å². The van der Waals surface area contributed by atoms with Crippen LogP contribution in [0.4, 0.5) is 0 Å². The van der Waals surface area contributed by atoms with Crippen molar-refractivity contribution in [2.24, 2.45) is 0 Å². The molecule has 0 heterocycles. The lowest BCUT2D eigenvalue weighted by molar-refractivity contribution is 0.112. The molecular formula is C10H8O2. The number of hydrogen-bond donors (Lipinski definition) is 1. The molecule has 0 radical (unpaired) electrons. The van der Waals surface area contributed by atoms with E-state index < -0.39 is 0 Å². The standard InChI is InChI=1S/C10H8O2/c11-7-3-6-9-4-1-2-5-10(9)8-12/h1-2,4-5,8,11H,7H2. The van der Waals surface area contributed by atoms with E-state index in [0.717, 1.165) is 6.29 Å². The van der Waals surface area contributed by atoms with E-state index >= 15 is 0 Å². The lowest BCUT2D eigenvalue weighted by Gasteiger charge is -1.92. The zero-order valence-corrected chi connectivity index (χ0v) is 6.45. The van der Waals surface area contributed by atoms with Crippen molar-refractivity contribution in [3.05, 3.63) is 35.4 Å². The molecule has 1 N–H and O–H groups in total. The van der Waals surface area contributed by atoms with E-state index in [2.05, 4.69) is 11.8 Å². The highest BCUT2D eigenvalue weighted by Gasteiger charge is 1.94.